The summed E-state index contributed by atoms with van der Waals surface area (Å²) in [5, 5.41) is 0. The lowest BCUT2D eigenvalue weighted by molar-refractivity contribution is 0.139. The van der Waals surface area contributed by atoms with Crippen molar-refractivity contribution in [3.8, 4) is 0 Å². The van der Waals surface area contributed by atoms with E-state index < -0.39 is 0 Å². The van der Waals surface area contributed by atoms with Gasteiger partial charge in [-0.15, -0.1) is 47.0 Å². The van der Waals surface area contributed by atoms with E-state index in [1.54, 1.807) is 23.5 Å². The van der Waals surface area contributed by atoms with E-state index in [2.05, 4.69) is 61.9 Å². The number of aromatic amines is 2. The molecule has 8 bridgehead atoms. The minimum Gasteiger partial charge on any atom is -0.367 e. The van der Waals surface area contributed by atoms with Crippen molar-refractivity contribution in [2.75, 3.05) is 49.4 Å². The van der Waals surface area contributed by atoms with Gasteiger partial charge in [0.2, 0.25) is 0 Å². The Balaban J connectivity index is 1.32. The smallest absolute Gasteiger partial charge is 0.117 e. The number of hydrogen-bond acceptors (Lipinski definition) is 14. The van der Waals surface area contributed by atoms with Crippen LogP contribution in [0.15, 0.2) is 43.8 Å². The summed E-state index contributed by atoms with van der Waals surface area (Å²) in [7, 11) is 0. The number of aromatic nitrogens is 4. The monoisotopic (exact) mass is 846 g/mol. The zero-order chi connectivity index (χ0) is 35.3. The molecule has 0 saturated heterocycles. The minimum absolute atomic E-state index is 0.0761. The molecule has 2 N–H and O–H groups in total. The highest BCUT2D eigenvalue weighted by Crippen LogP contribution is 2.55. The molecular formula is C36H38N4O4S8. The fourth-order valence-corrected chi connectivity index (χ4v) is 17.1. The van der Waals surface area contributed by atoms with Gasteiger partial charge in [0.1, 0.15) is 21.7 Å². The molecule has 3 aromatic rings. The molecule has 52 heavy (non-hydrogen) atoms. The molecule has 0 amide bonds. The highest BCUT2D eigenvalue weighted by molar-refractivity contribution is 8.17. The van der Waals surface area contributed by atoms with Gasteiger partial charge in [-0.25, -0.2) is 9.97 Å². The van der Waals surface area contributed by atoms with E-state index in [9.17, 15) is 0 Å². The van der Waals surface area contributed by atoms with E-state index in [0.29, 0.717) is 26.4 Å². The van der Waals surface area contributed by atoms with E-state index in [-0.39, 0.29) is 21.7 Å². The topological polar surface area (TPSA) is 94.3 Å². The van der Waals surface area contributed by atoms with Crippen LogP contribution in [0.5, 0.6) is 0 Å². The summed E-state index contributed by atoms with van der Waals surface area (Å²) in [6.45, 7) is 11.0. The molecule has 16 heteroatoms. The molecule has 0 spiro atoms. The molecule has 9 rings (SSSR count). The molecule has 8 nitrogen and oxygen atoms in total. The largest absolute Gasteiger partial charge is 0.367 e. The fraction of sp³-hybridized carbons (Fsp3) is 0.444. The second kappa shape index (κ2) is 16.0. The standard InChI is InChI=1S/C36H38N4O4S8/c1-5-41-25-13-45-29-17-10-22-34-31(47-15-27(50-34)43-7-3)19(39-22)12-24-36-32(48-16-28(52-36)44-8-4)20(40-24)11-23-35-30(46-14-26(51-35)42-6-2)18(38-23)9-21(37-17)33(29)49-25/h9-12,25-28,37-38H,5-8,13-16H2,1-4H3. The van der Waals surface area contributed by atoms with E-state index in [4.69, 9.17) is 28.9 Å². The molecule has 9 heterocycles. The lowest BCUT2D eigenvalue weighted by Gasteiger charge is -2.23. The normalized spacial score (nSPS) is 24.1. The Morgan fingerprint density at radius 3 is 1.33 bits per heavy atom. The van der Waals surface area contributed by atoms with Gasteiger partial charge in [-0.1, -0.05) is 47.0 Å². The van der Waals surface area contributed by atoms with E-state index in [1.165, 1.54) is 39.2 Å². The molecule has 6 aliphatic heterocycles. The molecule has 274 valence electrons. The Hall–Kier alpha value is -0.760. The number of H-pyrrole nitrogens is 2. The molecule has 4 unspecified atom stereocenters. The zero-order valence-corrected chi connectivity index (χ0v) is 35.6. The second-order valence-corrected chi connectivity index (χ2v) is 20.9. The van der Waals surface area contributed by atoms with E-state index in [0.717, 1.165) is 67.9 Å². The molecule has 0 aliphatic carbocycles. The Bertz CT molecular complexity index is 2130. The Labute approximate surface area is 337 Å². The maximum Gasteiger partial charge on any atom is 0.117 e. The third-order valence-electron chi connectivity index (χ3n) is 8.74. The number of rotatable bonds is 8. The third kappa shape index (κ3) is 7.08. The number of fused-ring (bicyclic) bond motifs is 18. The lowest BCUT2D eigenvalue weighted by Crippen LogP contribution is -2.14. The van der Waals surface area contributed by atoms with Crippen LogP contribution in [0, 0.1) is 0 Å². The average molecular weight is 847 g/mol. The maximum atomic E-state index is 6.16. The summed E-state index contributed by atoms with van der Waals surface area (Å²) in [6.07, 6.45) is 0. The van der Waals surface area contributed by atoms with Gasteiger partial charge in [-0.05, 0) is 52.0 Å². The van der Waals surface area contributed by atoms with Crippen LogP contribution < -0.4 is 0 Å². The second-order valence-electron chi connectivity index (χ2n) is 12.1. The van der Waals surface area contributed by atoms with Gasteiger partial charge in [0.15, 0.2) is 0 Å². The number of nitrogens with one attached hydrogen (secondary N) is 2. The number of ether oxygens (including phenoxy) is 4. The predicted molar refractivity (Wildman–Crippen MR) is 230 cm³/mol. The summed E-state index contributed by atoms with van der Waals surface area (Å²) in [5.74, 6) is 3.54. The van der Waals surface area contributed by atoms with Crippen LogP contribution in [0.4, 0.5) is 0 Å². The zero-order valence-electron chi connectivity index (χ0n) is 29.1. The van der Waals surface area contributed by atoms with Gasteiger partial charge in [0.25, 0.3) is 0 Å². The number of nitrogens with zero attached hydrogens (tertiary/aromatic N) is 2. The number of hydrogen-bond donors (Lipinski definition) is 2. The summed E-state index contributed by atoms with van der Waals surface area (Å²) in [5.41, 5.74) is 8.56. The first-order chi connectivity index (χ1) is 25.5. The van der Waals surface area contributed by atoms with E-state index >= 15 is 0 Å². The van der Waals surface area contributed by atoms with Crippen LogP contribution in [0.2, 0.25) is 0 Å². The van der Waals surface area contributed by atoms with Crippen LogP contribution in [0.3, 0.4) is 0 Å². The van der Waals surface area contributed by atoms with Crippen molar-refractivity contribution in [1.82, 2.24) is 19.9 Å². The van der Waals surface area contributed by atoms with Crippen LogP contribution >= 0.6 is 94.1 Å². The van der Waals surface area contributed by atoms with Gasteiger partial charge in [0, 0.05) is 78.8 Å². The van der Waals surface area contributed by atoms with Crippen molar-refractivity contribution in [1.29, 1.82) is 0 Å². The summed E-state index contributed by atoms with van der Waals surface area (Å²) >= 11 is 14.7. The van der Waals surface area contributed by atoms with Crippen molar-refractivity contribution in [2.24, 2.45) is 0 Å². The Morgan fingerprint density at radius 2 is 0.827 bits per heavy atom. The predicted octanol–water partition coefficient (Wildman–Crippen LogP) is 10.8. The van der Waals surface area contributed by atoms with Crippen molar-refractivity contribution in [2.45, 2.75) is 69.0 Å². The Morgan fingerprint density at radius 1 is 0.462 bits per heavy atom. The van der Waals surface area contributed by atoms with Crippen LogP contribution in [-0.4, -0.2) is 91.1 Å². The third-order valence-corrected chi connectivity index (χ3v) is 19.7. The molecule has 4 atom stereocenters. The van der Waals surface area contributed by atoms with Gasteiger partial charge in [-0.2, -0.15) is 0 Å². The average Bonchev–Trinajstić information content (AvgIpc) is 3.87. The first-order valence-corrected chi connectivity index (χ1v) is 25.0. The summed E-state index contributed by atoms with van der Waals surface area (Å²) < 4.78 is 24.6. The maximum absolute atomic E-state index is 6.16. The first kappa shape index (κ1) is 36.9. The summed E-state index contributed by atoms with van der Waals surface area (Å²) in [6, 6.07) is 9.02. The van der Waals surface area contributed by atoms with Gasteiger partial charge in [0.05, 0.1) is 54.7 Å². The molecule has 0 aromatic carbocycles. The van der Waals surface area contributed by atoms with Crippen molar-refractivity contribution in [3.05, 3.63) is 47.0 Å². The fourth-order valence-electron chi connectivity index (χ4n) is 6.65. The lowest BCUT2D eigenvalue weighted by atomic mass is 10.3. The van der Waals surface area contributed by atoms with Crippen molar-refractivity contribution < 1.29 is 18.9 Å². The minimum atomic E-state index is 0.0761. The molecule has 6 aliphatic rings. The molecular weight excluding hydrogens is 809 g/mol. The van der Waals surface area contributed by atoms with E-state index in [1.807, 2.05) is 70.6 Å². The molecule has 0 saturated carbocycles. The van der Waals surface area contributed by atoms with Gasteiger partial charge >= 0.3 is 0 Å². The van der Waals surface area contributed by atoms with Crippen LogP contribution in [0.25, 0.3) is 41.7 Å². The van der Waals surface area contributed by atoms with Crippen LogP contribution in [0.1, 0.15) is 50.5 Å². The summed E-state index contributed by atoms with van der Waals surface area (Å²) in [4.78, 5) is 28.2. The van der Waals surface area contributed by atoms with Gasteiger partial charge < -0.3 is 28.9 Å². The molecule has 3 aromatic heterocycles. The van der Waals surface area contributed by atoms with Gasteiger partial charge in [-0.3, -0.25) is 0 Å². The Kier molecular flexibility index (Phi) is 11.3. The van der Waals surface area contributed by atoms with Crippen molar-refractivity contribution in [3.63, 3.8) is 0 Å². The highest BCUT2D eigenvalue weighted by Gasteiger charge is 2.34. The quantitative estimate of drug-likeness (QED) is 0.225. The SMILES string of the molecule is CCOC1CSC2=C(S1)c1cc3nc(cc4[nH]c(cc5[nH]c(cc2n1)c1c5SCC(OCC)S1)c1c4SCC(OCC)S1)C1=C3SCC(OCC)S1. The first-order valence-electron chi connectivity index (χ1n) is 17.5. The van der Waals surface area contributed by atoms with Crippen LogP contribution in [-0.2, 0) is 18.9 Å². The molecule has 0 radical (unpaired) electrons. The highest BCUT2D eigenvalue weighted by atomic mass is 32.2. The van der Waals surface area contributed by atoms with Crippen molar-refractivity contribution >= 4 is 136 Å². The number of thioether (sulfide) groups is 8. The molecule has 0 fully saturated rings.